The summed E-state index contributed by atoms with van der Waals surface area (Å²) in [5, 5.41) is 4.82. The van der Waals surface area contributed by atoms with E-state index in [1.165, 1.54) is 48.9 Å². The minimum Gasteiger partial charge on any atom is -0.310 e. The highest BCUT2D eigenvalue weighted by Gasteiger charge is 2.20. The first-order chi connectivity index (χ1) is 22.7. The number of halogens is 1. The van der Waals surface area contributed by atoms with Crippen molar-refractivity contribution in [2.24, 2.45) is 0 Å². The first kappa shape index (κ1) is 26.7. The van der Waals surface area contributed by atoms with Crippen LogP contribution in [-0.4, -0.2) is 4.57 Å². The number of para-hydroxylation sites is 2. The van der Waals surface area contributed by atoms with Gasteiger partial charge < -0.3 is 9.47 Å². The molecule has 0 bridgehead atoms. The Morgan fingerprint density at radius 3 is 1.93 bits per heavy atom. The first-order valence-electron chi connectivity index (χ1n) is 15.4. The maximum Gasteiger partial charge on any atom is 0.123 e. The average Bonchev–Trinajstić information content (AvgIpc) is 3.65. The summed E-state index contributed by atoms with van der Waals surface area (Å²) < 4.78 is 19.0. The van der Waals surface area contributed by atoms with Crippen LogP contribution in [0.25, 0.3) is 58.8 Å². The van der Waals surface area contributed by atoms with Gasteiger partial charge in [0.1, 0.15) is 5.82 Å². The monoisotopic (exact) mass is 610 g/mol. The van der Waals surface area contributed by atoms with Gasteiger partial charge in [0.05, 0.1) is 21.4 Å². The second-order valence-corrected chi connectivity index (χ2v) is 12.5. The van der Waals surface area contributed by atoms with Crippen LogP contribution in [0.5, 0.6) is 0 Å². The number of anilines is 3. The summed E-state index contributed by atoms with van der Waals surface area (Å²) in [7, 11) is 0. The number of hydrogen-bond donors (Lipinski definition) is 0. The molecular weight excluding hydrogens is 584 g/mol. The minimum atomic E-state index is -0.249. The summed E-state index contributed by atoms with van der Waals surface area (Å²) >= 11 is 1.87. The van der Waals surface area contributed by atoms with Crippen molar-refractivity contribution in [3.05, 3.63) is 170 Å². The van der Waals surface area contributed by atoms with Gasteiger partial charge in [0, 0.05) is 37.9 Å². The number of hydrogen-bond acceptors (Lipinski definition) is 2. The predicted octanol–water partition coefficient (Wildman–Crippen LogP) is 12.4. The van der Waals surface area contributed by atoms with Crippen molar-refractivity contribution >= 4 is 70.4 Å². The lowest BCUT2D eigenvalue weighted by atomic mass is 10.0. The molecule has 4 heteroatoms. The number of thiophene rings is 1. The number of benzene rings is 7. The Hall–Kier alpha value is -5.71. The lowest BCUT2D eigenvalue weighted by Gasteiger charge is -2.27. The van der Waals surface area contributed by atoms with Gasteiger partial charge in [0.15, 0.2) is 0 Å². The molecular formula is C42H27FN2S. The van der Waals surface area contributed by atoms with Crippen molar-refractivity contribution in [2.75, 3.05) is 4.90 Å². The third kappa shape index (κ3) is 4.22. The molecule has 0 saturated carbocycles. The highest BCUT2D eigenvalue weighted by atomic mass is 32.1. The van der Waals surface area contributed by atoms with Gasteiger partial charge in [-0.15, -0.1) is 11.3 Å². The SMILES string of the molecule is Fc1ccc(N(c2ccc(-c3cccc4c3sc3c5ccccc5n(-c5ccccc5)c43)cc2)c2cccc3ccccc23)cc1. The maximum absolute atomic E-state index is 14.0. The molecule has 2 nitrogen and oxygen atoms in total. The molecule has 0 fully saturated rings. The van der Waals surface area contributed by atoms with E-state index in [2.05, 4.69) is 149 Å². The van der Waals surface area contributed by atoms with Gasteiger partial charge in [0.25, 0.3) is 0 Å². The van der Waals surface area contributed by atoms with Crippen molar-refractivity contribution in [1.29, 1.82) is 0 Å². The molecule has 0 aliphatic heterocycles. The van der Waals surface area contributed by atoms with Crippen LogP contribution < -0.4 is 4.90 Å². The molecule has 9 rings (SSSR count). The Bertz CT molecular complexity index is 2520. The van der Waals surface area contributed by atoms with Crippen LogP contribution in [0.4, 0.5) is 21.5 Å². The summed E-state index contributed by atoms with van der Waals surface area (Å²) in [6.07, 6.45) is 0. The van der Waals surface area contributed by atoms with E-state index in [0.717, 1.165) is 39.1 Å². The molecule has 0 aliphatic rings. The molecule has 9 aromatic rings. The van der Waals surface area contributed by atoms with E-state index in [1.54, 1.807) is 0 Å². The smallest absolute Gasteiger partial charge is 0.123 e. The van der Waals surface area contributed by atoms with Crippen LogP contribution in [0.1, 0.15) is 0 Å². The molecule has 0 N–H and O–H groups in total. The maximum atomic E-state index is 14.0. The fourth-order valence-electron chi connectivity index (χ4n) is 6.78. The van der Waals surface area contributed by atoms with E-state index in [1.807, 2.05) is 23.5 Å². The van der Waals surface area contributed by atoms with E-state index < -0.39 is 0 Å². The Balaban J connectivity index is 1.21. The molecule has 0 saturated heterocycles. The van der Waals surface area contributed by atoms with Gasteiger partial charge in [-0.3, -0.25) is 0 Å². The second kappa shape index (κ2) is 10.7. The Kier molecular flexibility index (Phi) is 6.22. The van der Waals surface area contributed by atoms with Crippen LogP contribution in [0.3, 0.4) is 0 Å². The average molecular weight is 611 g/mol. The van der Waals surface area contributed by atoms with Crippen molar-refractivity contribution in [3.8, 4) is 16.8 Å². The molecule has 0 spiro atoms. The van der Waals surface area contributed by atoms with Crippen LogP contribution in [-0.2, 0) is 0 Å². The summed E-state index contributed by atoms with van der Waals surface area (Å²) in [6.45, 7) is 0. The number of fused-ring (bicyclic) bond motifs is 6. The fourth-order valence-corrected chi connectivity index (χ4v) is 8.13. The molecule has 0 aliphatic carbocycles. The summed E-state index contributed by atoms with van der Waals surface area (Å²) in [4.78, 5) is 2.21. The summed E-state index contributed by atoms with van der Waals surface area (Å²) in [5.41, 5.74) is 8.98. The largest absolute Gasteiger partial charge is 0.310 e. The zero-order chi connectivity index (χ0) is 30.6. The first-order valence-corrected chi connectivity index (χ1v) is 16.2. The highest BCUT2D eigenvalue weighted by molar-refractivity contribution is 7.27. The van der Waals surface area contributed by atoms with Crippen LogP contribution in [0.2, 0.25) is 0 Å². The molecule has 7 aromatic carbocycles. The third-order valence-electron chi connectivity index (χ3n) is 8.85. The summed E-state index contributed by atoms with van der Waals surface area (Å²) in [6, 6.07) is 56.2. The van der Waals surface area contributed by atoms with Crippen LogP contribution >= 0.6 is 11.3 Å². The minimum absolute atomic E-state index is 0.249. The zero-order valence-corrected chi connectivity index (χ0v) is 25.6. The summed E-state index contributed by atoms with van der Waals surface area (Å²) in [5.74, 6) is -0.249. The molecule has 2 heterocycles. The Morgan fingerprint density at radius 2 is 1.13 bits per heavy atom. The van der Waals surface area contributed by atoms with E-state index in [9.17, 15) is 4.39 Å². The third-order valence-corrected chi connectivity index (χ3v) is 10.1. The van der Waals surface area contributed by atoms with E-state index >= 15 is 0 Å². The van der Waals surface area contributed by atoms with Gasteiger partial charge in [-0.05, 0) is 77.2 Å². The van der Waals surface area contributed by atoms with Gasteiger partial charge in [-0.1, -0.05) is 103 Å². The van der Waals surface area contributed by atoms with Crippen molar-refractivity contribution in [2.45, 2.75) is 0 Å². The number of nitrogens with zero attached hydrogens (tertiary/aromatic N) is 2. The van der Waals surface area contributed by atoms with Crippen molar-refractivity contribution in [3.63, 3.8) is 0 Å². The lowest BCUT2D eigenvalue weighted by Crippen LogP contribution is -2.10. The molecule has 0 atom stereocenters. The quantitative estimate of drug-likeness (QED) is 0.188. The molecule has 218 valence electrons. The van der Waals surface area contributed by atoms with Gasteiger partial charge in [0.2, 0.25) is 0 Å². The molecule has 46 heavy (non-hydrogen) atoms. The molecule has 0 radical (unpaired) electrons. The van der Waals surface area contributed by atoms with Gasteiger partial charge in [-0.25, -0.2) is 4.39 Å². The zero-order valence-electron chi connectivity index (χ0n) is 24.8. The van der Waals surface area contributed by atoms with Gasteiger partial charge >= 0.3 is 0 Å². The van der Waals surface area contributed by atoms with Gasteiger partial charge in [-0.2, -0.15) is 0 Å². The number of aromatic nitrogens is 1. The molecule has 0 amide bonds. The number of rotatable bonds is 5. The molecule has 0 unspecified atom stereocenters. The van der Waals surface area contributed by atoms with E-state index in [-0.39, 0.29) is 5.82 Å². The Labute approximate surface area is 269 Å². The van der Waals surface area contributed by atoms with E-state index in [0.29, 0.717) is 0 Å². The topological polar surface area (TPSA) is 8.17 Å². The lowest BCUT2D eigenvalue weighted by molar-refractivity contribution is 0.628. The normalized spacial score (nSPS) is 11.6. The van der Waals surface area contributed by atoms with Crippen LogP contribution in [0, 0.1) is 5.82 Å². The molecule has 2 aromatic heterocycles. The van der Waals surface area contributed by atoms with Crippen molar-refractivity contribution < 1.29 is 4.39 Å². The second-order valence-electron chi connectivity index (χ2n) is 11.5. The standard InChI is InChI=1S/C42H27FN2S/c43-30-22-26-33(27-23-30)44(38-19-8-11-28-10-4-5-14-34(28)38)32-24-20-29(21-25-32)35-16-9-17-37-40-42(46-41(35)37)36-15-6-7-18-39(36)45(40)31-12-2-1-3-13-31/h1-27H. The van der Waals surface area contributed by atoms with Crippen LogP contribution in [0.15, 0.2) is 164 Å². The van der Waals surface area contributed by atoms with E-state index in [4.69, 9.17) is 0 Å². The fraction of sp³-hybridized carbons (Fsp3) is 0. The predicted molar refractivity (Wildman–Crippen MR) is 194 cm³/mol. The highest BCUT2D eigenvalue weighted by Crippen LogP contribution is 2.46. The van der Waals surface area contributed by atoms with Crippen molar-refractivity contribution in [1.82, 2.24) is 4.57 Å². The Morgan fingerprint density at radius 1 is 0.500 bits per heavy atom.